The lowest BCUT2D eigenvalue weighted by Crippen LogP contribution is -2.32. The van der Waals surface area contributed by atoms with Gasteiger partial charge in [0.05, 0.1) is 25.5 Å². The van der Waals surface area contributed by atoms with E-state index in [2.05, 4.69) is 5.32 Å². The van der Waals surface area contributed by atoms with Crippen molar-refractivity contribution in [1.29, 1.82) is 0 Å². The molecule has 162 valence electrons. The number of hydrogen-bond acceptors (Lipinski definition) is 5. The normalized spacial score (nSPS) is 13.6. The number of nitrogens with one attached hydrogen (secondary N) is 1. The molecule has 3 aromatic carbocycles. The lowest BCUT2D eigenvalue weighted by molar-refractivity contribution is -0.120. The van der Waals surface area contributed by atoms with Gasteiger partial charge >= 0.3 is 0 Å². The van der Waals surface area contributed by atoms with E-state index in [1.807, 2.05) is 0 Å². The topological polar surface area (TPSA) is 67.9 Å². The Morgan fingerprint density at radius 3 is 2.31 bits per heavy atom. The number of para-hydroxylation sites is 1. The van der Waals surface area contributed by atoms with Gasteiger partial charge in [-0.2, -0.15) is 0 Å². The predicted octanol–water partition coefficient (Wildman–Crippen LogP) is 4.38. The molecule has 1 heterocycles. The number of carbonyl (C=O) groups excluding carboxylic acids is 2. The molecule has 1 aliphatic heterocycles. The van der Waals surface area contributed by atoms with Crippen LogP contribution in [-0.2, 0) is 9.59 Å². The number of rotatable bonds is 6. The number of carbonyl (C=O) groups is 2. The van der Waals surface area contributed by atoms with Gasteiger partial charge in [-0.25, -0.2) is 13.7 Å². The second kappa shape index (κ2) is 8.50. The zero-order valence-electron chi connectivity index (χ0n) is 17.2. The van der Waals surface area contributed by atoms with Gasteiger partial charge in [-0.15, -0.1) is 0 Å². The van der Waals surface area contributed by atoms with Crippen LogP contribution in [0.25, 0.3) is 5.57 Å². The number of imide groups is 1. The largest absolute Gasteiger partial charge is 0.497 e. The number of halogens is 2. The molecule has 0 saturated carbocycles. The van der Waals surface area contributed by atoms with E-state index in [-0.39, 0.29) is 17.0 Å². The Hall–Kier alpha value is -4.20. The molecule has 0 radical (unpaired) electrons. The first-order valence-corrected chi connectivity index (χ1v) is 9.57. The van der Waals surface area contributed by atoms with Crippen LogP contribution < -0.4 is 19.7 Å². The average molecular weight is 436 g/mol. The molecule has 4 rings (SSSR count). The fourth-order valence-corrected chi connectivity index (χ4v) is 3.45. The van der Waals surface area contributed by atoms with Crippen LogP contribution in [0.2, 0.25) is 0 Å². The Labute approximate surface area is 182 Å². The number of nitrogens with zero attached hydrogens (tertiary/aromatic N) is 1. The Balaban J connectivity index is 1.86. The van der Waals surface area contributed by atoms with Crippen LogP contribution in [0.1, 0.15) is 5.56 Å². The predicted molar refractivity (Wildman–Crippen MR) is 115 cm³/mol. The minimum Gasteiger partial charge on any atom is -0.497 e. The molecule has 0 saturated heterocycles. The second-order valence-corrected chi connectivity index (χ2v) is 6.85. The van der Waals surface area contributed by atoms with Gasteiger partial charge in [-0.05, 0) is 30.3 Å². The molecule has 0 spiro atoms. The van der Waals surface area contributed by atoms with E-state index in [9.17, 15) is 18.4 Å². The zero-order valence-corrected chi connectivity index (χ0v) is 17.2. The molecular weight excluding hydrogens is 418 g/mol. The molecule has 2 amide bonds. The molecule has 8 heteroatoms. The minimum atomic E-state index is -1.17. The van der Waals surface area contributed by atoms with E-state index in [4.69, 9.17) is 9.47 Å². The fourth-order valence-electron chi connectivity index (χ4n) is 3.45. The molecule has 6 nitrogen and oxygen atoms in total. The van der Waals surface area contributed by atoms with Crippen molar-refractivity contribution in [3.8, 4) is 11.5 Å². The SMILES string of the molecule is COc1cccc(NC2=C(c3ccccc3OC)C(=O)N(c3ccc(F)c(F)c3)C2=O)c1. The summed E-state index contributed by atoms with van der Waals surface area (Å²) in [6.45, 7) is 0. The van der Waals surface area contributed by atoms with Gasteiger partial charge in [-0.3, -0.25) is 9.59 Å². The highest BCUT2D eigenvalue weighted by molar-refractivity contribution is 6.46. The molecule has 1 aliphatic rings. The number of ether oxygens (including phenoxy) is 2. The zero-order chi connectivity index (χ0) is 22.8. The summed E-state index contributed by atoms with van der Waals surface area (Å²) in [6.07, 6.45) is 0. The number of hydrogen-bond donors (Lipinski definition) is 1. The van der Waals surface area contributed by atoms with Crippen molar-refractivity contribution in [2.45, 2.75) is 0 Å². The van der Waals surface area contributed by atoms with Crippen molar-refractivity contribution >= 4 is 28.8 Å². The second-order valence-electron chi connectivity index (χ2n) is 6.85. The molecule has 0 fully saturated rings. The fraction of sp³-hybridized carbons (Fsp3) is 0.0833. The molecule has 0 atom stereocenters. The van der Waals surface area contributed by atoms with Crippen LogP contribution in [0.4, 0.5) is 20.2 Å². The van der Waals surface area contributed by atoms with Gasteiger partial charge in [0.2, 0.25) is 0 Å². The molecule has 32 heavy (non-hydrogen) atoms. The number of methoxy groups -OCH3 is 2. The van der Waals surface area contributed by atoms with E-state index in [1.165, 1.54) is 20.3 Å². The maximum absolute atomic E-state index is 13.9. The lowest BCUT2D eigenvalue weighted by Gasteiger charge is -2.16. The smallest absolute Gasteiger partial charge is 0.282 e. The third-order valence-corrected chi connectivity index (χ3v) is 4.96. The van der Waals surface area contributed by atoms with Crippen LogP contribution in [0.3, 0.4) is 0 Å². The van der Waals surface area contributed by atoms with Crippen molar-refractivity contribution in [3.05, 3.63) is 89.6 Å². The quantitative estimate of drug-likeness (QED) is 0.581. The Morgan fingerprint density at radius 1 is 0.812 bits per heavy atom. The molecule has 0 aromatic heterocycles. The summed E-state index contributed by atoms with van der Waals surface area (Å²) >= 11 is 0. The molecule has 0 unspecified atom stereocenters. The third kappa shape index (κ3) is 3.66. The summed E-state index contributed by atoms with van der Waals surface area (Å²) in [6, 6.07) is 16.4. The van der Waals surface area contributed by atoms with Gasteiger partial charge in [0.25, 0.3) is 11.8 Å². The standard InChI is InChI=1S/C24H18F2N2O4/c1-31-16-7-5-6-14(12-16)27-22-21(17-8-3-4-9-20(17)32-2)23(29)28(24(22)30)15-10-11-18(25)19(26)13-15/h3-13,27H,1-2H3. The van der Waals surface area contributed by atoms with E-state index in [0.29, 0.717) is 22.7 Å². The number of amides is 2. The molecule has 1 N–H and O–H groups in total. The minimum absolute atomic E-state index is 0.0301. The van der Waals surface area contributed by atoms with Gasteiger partial charge in [0.15, 0.2) is 11.6 Å². The number of benzene rings is 3. The summed E-state index contributed by atoms with van der Waals surface area (Å²) < 4.78 is 37.9. The van der Waals surface area contributed by atoms with E-state index < -0.39 is 23.4 Å². The number of anilines is 2. The summed E-state index contributed by atoms with van der Waals surface area (Å²) in [5, 5.41) is 2.99. The van der Waals surface area contributed by atoms with Gasteiger partial charge in [-0.1, -0.05) is 24.3 Å². The van der Waals surface area contributed by atoms with E-state index in [0.717, 1.165) is 17.0 Å². The summed E-state index contributed by atoms with van der Waals surface area (Å²) in [5.74, 6) is -2.75. The van der Waals surface area contributed by atoms with Crippen LogP contribution in [-0.4, -0.2) is 26.0 Å². The van der Waals surface area contributed by atoms with Crippen LogP contribution >= 0.6 is 0 Å². The molecular formula is C24H18F2N2O4. The highest BCUT2D eigenvalue weighted by Gasteiger charge is 2.41. The highest BCUT2D eigenvalue weighted by Crippen LogP contribution is 2.37. The maximum Gasteiger partial charge on any atom is 0.282 e. The van der Waals surface area contributed by atoms with Crippen molar-refractivity contribution in [2.75, 3.05) is 24.4 Å². The molecule has 0 aliphatic carbocycles. The Kier molecular flexibility index (Phi) is 5.59. The Bertz CT molecular complexity index is 1260. The van der Waals surface area contributed by atoms with Crippen molar-refractivity contribution in [2.24, 2.45) is 0 Å². The van der Waals surface area contributed by atoms with Crippen molar-refractivity contribution in [1.82, 2.24) is 0 Å². The monoisotopic (exact) mass is 436 g/mol. The average Bonchev–Trinajstić information content (AvgIpc) is 3.05. The first-order valence-electron chi connectivity index (χ1n) is 9.57. The summed E-state index contributed by atoms with van der Waals surface area (Å²) in [5.41, 5.74) is 0.801. The lowest BCUT2D eigenvalue weighted by atomic mass is 10.0. The Morgan fingerprint density at radius 2 is 1.59 bits per heavy atom. The first kappa shape index (κ1) is 21.0. The summed E-state index contributed by atoms with van der Waals surface area (Å²) in [4.78, 5) is 27.6. The van der Waals surface area contributed by atoms with E-state index >= 15 is 0 Å². The van der Waals surface area contributed by atoms with Crippen LogP contribution in [0, 0.1) is 11.6 Å². The van der Waals surface area contributed by atoms with Gasteiger partial charge in [0, 0.05) is 23.4 Å². The van der Waals surface area contributed by atoms with E-state index in [1.54, 1.807) is 48.5 Å². The summed E-state index contributed by atoms with van der Waals surface area (Å²) in [7, 11) is 2.95. The molecule has 3 aromatic rings. The van der Waals surface area contributed by atoms with Crippen molar-refractivity contribution in [3.63, 3.8) is 0 Å². The third-order valence-electron chi connectivity index (χ3n) is 4.96. The van der Waals surface area contributed by atoms with Crippen LogP contribution in [0.5, 0.6) is 11.5 Å². The van der Waals surface area contributed by atoms with Crippen molar-refractivity contribution < 1.29 is 27.8 Å². The molecule has 0 bridgehead atoms. The van der Waals surface area contributed by atoms with Gasteiger partial charge in [0.1, 0.15) is 17.2 Å². The van der Waals surface area contributed by atoms with Crippen LogP contribution in [0.15, 0.2) is 72.4 Å². The highest BCUT2D eigenvalue weighted by atomic mass is 19.2. The van der Waals surface area contributed by atoms with Gasteiger partial charge < -0.3 is 14.8 Å². The maximum atomic E-state index is 13.9. The first-order chi connectivity index (χ1) is 15.4.